The molecule has 27 heavy (non-hydrogen) atoms. The van der Waals surface area contributed by atoms with Gasteiger partial charge in [0.1, 0.15) is 0 Å². The quantitative estimate of drug-likeness (QED) is 0.704. The van der Waals surface area contributed by atoms with Crippen LogP contribution in [0.3, 0.4) is 0 Å². The minimum Gasteiger partial charge on any atom is -0.326 e. The van der Waals surface area contributed by atoms with Crippen molar-refractivity contribution in [1.82, 2.24) is 19.4 Å². The van der Waals surface area contributed by atoms with E-state index in [2.05, 4.69) is 38.3 Å². The zero-order chi connectivity index (χ0) is 19.0. The molecule has 1 aromatic carbocycles. The van der Waals surface area contributed by atoms with Crippen molar-refractivity contribution in [2.45, 2.75) is 42.7 Å². The normalized spacial score (nSPS) is 21.0. The summed E-state index contributed by atoms with van der Waals surface area (Å²) in [7, 11) is 0.570. The number of anilines is 1. The molecule has 9 heteroatoms. The Kier molecular flexibility index (Phi) is 4.92. The Morgan fingerprint density at radius 2 is 2.04 bits per heavy atom. The van der Waals surface area contributed by atoms with Gasteiger partial charge in [0, 0.05) is 17.6 Å². The molecule has 2 aromatic heterocycles. The molecule has 1 aliphatic carbocycles. The lowest BCUT2D eigenvalue weighted by Crippen LogP contribution is -2.38. The molecule has 1 fully saturated rings. The van der Waals surface area contributed by atoms with Crippen LogP contribution in [0, 0.1) is 0 Å². The molecule has 1 saturated carbocycles. The zero-order valence-corrected chi connectivity index (χ0v) is 17.0. The number of thiazole rings is 1. The molecule has 2 heterocycles. The number of hydrogen-bond acceptors (Lipinski definition) is 6. The first-order valence-electron chi connectivity index (χ1n) is 9.01. The van der Waals surface area contributed by atoms with Crippen LogP contribution in [-0.2, 0) is 10.0 Å². The monoisotopic (exact) mass is 405 g/mol. The minimum absolute atomic E-state index is 0.197. The molecule has 2 atom stereocenters. The highest BCUT2D eigenvalue weighted by atomic mass is 32.2. The van der Waals surface area contributed by atoms with Gasteiger partial charge in [0.15, 0.2) is 5.13 Å². The molecule has 0 radical (unpaired) electrons. The van der Waals surface area contributed by atoms with Crippen molar-refractivity contribution in [3.8, 4) is 0 Å². The summed E-state index contributed by atoms with van der Waals surface area (Å²) in [6, 6.07) is 5.96. The Morgan fingerprint density at radius 1 is 1.22 bits per heavy atom. The third kappa shape index (κ3) is 3.59. The van der Waals surface area contributed by atoms with E-state index in [1.165, 1.54) is 30.6 Å². The van der Waals surface area contributed by atoms with Gasteiger partial charge in [0.05, 0.1) is 28.3 Å². The third-order valence-electron chi connectivity index (χ3n) is 5.23. The molecular formula is C18H23N5O2S2. The minimum atomic E-state index is -3.67. The molecule has 0 unspecified atom stereocenters. The number of sulfonamides is 1. The average molecular weight is 406 g/mol. The fraction of sp³-hybridized carbons (Fsp3) is 0.444. The molecule has 144 valence electrons. The Hall–Kier alpha value is -1.97. The Labute approximate surface area is 163 Å². The van der Waals surface area contributed by atoms with Gasteiger partial charge >= 0.3 is 0 Å². The number of fused-ring (bicyclic) bond motifs is 1. The first kappa shape index (κ1) is 18.4. The molecular weight excluding hydrogens is 382 g/mol. The summed E-state index contributed by atoms with van der Waals surface area (Å²) in [4.78, 5) is 11.0. The summed E-state index contributed by atoms with van der Waals surface area (Å²) in [5.74, 6) is 0. The summed E-state index contributed by atoms with van der Waals surface area (Å²) in [5, 5.41) is 2.09. The number of likely N-dealkylation sites (N-methyl/N-ethyl adjacent to an activating group) is 1. The van der Waals surface area contributed by atoms with Crippen LogP contribution in [0.5, 0.6) is 0 Å². The second-order valence-corrected chi connectivity index (χ2v) is 9.70. The number of hydrogen-bond donors (Lipinski definition) is 1. The van der Waals surface area contributed by atoms with E-state index in [0.717, 1.165) is 11.9 Å². The van der Waals surface area contributed by atoms with Gasteiger partial charge in [-0.2, -0.15) is 0 Å². The van der Waals surface area contributed by atoms with Crippen LogP contribution in [0.25, 0.3) is 11.0 Å². The van der Waals surface area contributed by atoms with Crippen molar-refractivity contribution in [2.75, 3.05) is 18.8 Å². The molecule has 0 aliphatic heterocycles. The number of benzene rings is 1. The molecule has 0 amide bonds. The fourth-order valence-electron chi connectivity index (χ4n) is 3.91. The molecule has 0 spiro atoms. The average Bonchev–Trinajstić information content (AvgIpc) is 3.30. The lowest BCUT2D eigenvalue weighted by Gasteiger charge is -2.37. The van der Waals surface area contributed by atoms with Gasteiger partial charge in [0.25, 0.3) is 10.0 Å². The second-order valence-electron chi connectivity index (χ2n) is 7.13. The first-order chi connectivity index (χ1) is 13.0. The van der Waals surface area contributed by atoms with Crippen LogP contribution in [-0.4, -0.2) is 48.0 Å². The molecule has 7 nitrogen and oxygen atoms in total. The zero-order valence-electron chi connectivity index (χ0n) is 15.4. The predicted molar refractivity (Wildman–Crippen MR) is 108 cm³/mol. The summed E-state index contributed by atoms with van der Waals surface area (Å²) in [6.45, 7) is 0. The van der Waals surface area contributed by atoms with Crippen LogP contribution in [0.1, 0.15) is 31.7 Å². The van der Waals surface area contributed by atoms with Crippen molar-refractivity contribution >= 4 is 37.5 Å². The maximum absolute atomic E-state index is 12.6. The Balaban J connectivity index is 1.67. The number of imidazole rings is 1. The van der Waals surface area contributed by atoms with E-state index < -0.39 is 10.0 Å². The van der Waals surface area contributed by atoms with E-state index in [4.69, 9.17) is 0 Å². The van der Waals surface area contributed by atoms with E-state index in [9.17, 15) is 8.42 Å². The molecule has 1 N–H and O–H groups in total. The van der Waals surface area contributed by atoms with E-state index in [1.54, 1.807) is 23.7 Å². The largest absolute Gasteiger partial charge is 0.326 e. The summed E-state index contributed by atoms with van der Waals surface area (Å²) < 4.78 is 29.9. The fourth-order valence-corrected chi connectivity index (χ4v) is 5.72. The summed E-state index contributed by atoms with van der Waals surface area (Å²) >= 11 is 1.25. The van der Waals surface area contributed by atoms with Crippen LogP contribution in [0.2, 0.25) is 0 Å². The molecule has 0 bridgehead atoms. The number of aromatic nitrogens is 3. The van der Waals surface area contributed by atoms with Crippen molar-refractivity contribution < 1.29 is 8.42 Å². The van der Waals surface area contributed by atoms with Gasteiger partial charge in [-0.05, 0) is 45.1 Å². The van der Waals surface area contributed by atoms with E-state index in [0.29, 0.717) is 22.7 Å². The van der Waals surface area contributed by atoms with E-state index >= 15 is 0 Å². The highest BCUT2D eigenvalue weighted by Gasteiger charge is 2.29. The van der Waals surface area contributed by atoms with Crippen molar-refractivity contribution in [1.29, 1.82) is 0 Å². The first-order valence-corrected chi connectivity index (χ1v) is 11.4. The van der Waals surface area contributed by atoms with Gasteiger partial charge in [-0.15, -0.1) is 11.3 Å². The SMILES string of the molecule is CN(C)[C@H]1CCCC[C@@H]1n1cnc2cc(S(=O)(=O)Nc3nccs3)ccc21. The number of rotatable bonds is 5. The lowest BCUT2D eigenvalue weighted by atomic mass is 9.89. The smallest absolute Gasteiger partial charge is 0.263 e. The number of nitrogens with one attached hydrogen (secondary N) is 1. The Bertz CT molecular complexity index is 1030. The van der Waals surface area contributed by atoms with Crippen LogP contribution in [0.15, 0.2) is 41.0 Å². The third-order valence-corrected chi connectivity index (χ3v) is 7.38. The summed E-state index contributed by atoms with van der Waals surface area (Å²) in [5.41, 5.74) is 1.67. The lowest BCUT2D eigenvalue weighted by molar-refractivity contribution is 0.162. The van der Waals surface area contributed by atoms with Gasteiger partial charge < -0.3 is 9.47 Å². The van der Waals surface area contributed by atoms with Crippen LogP contribution in [0.4, 0.5) is 5.13 Å². The van der Waals surface area contributed by atoms with Gasteiger partial charge in [-0.1, -0.05) is 12.8 Å². The topological polar surface area (TPSA) is 80.1 Å². The van der Waals surface area contributed by atoms with E-state index in [1.807, 2.05) is 12.4 Å². The molecule has 1 aliphatic rings. The van der Waals surface area contributed by atoms with Crippen molar-refractivity contribution in [3.63, 3.8) is 0 Å². The van der Waals surface area contributed by atoms with E-state index in [-0.39, 0.29) is 4.90 Å². The number of nitrogens with zero attached hydrogens (tertiary/aromatic N) is 4. The predicted octanol–water partition coefficient (Wildman–Crippen LogP) is 3.34. The standard InChI is InChI=1S/C18H23N5O2S2/c1-22(2)16-5-3-4-6-17(16)23-12-20-14-11-13(7-8-15(14)23)27(24,25)21-18-19-9-10-26-18/h7-12,16-17H,3-6H2,1-2H3,(H,19,21)/t16-,17-/m0/s1. The summed E-state index contributed by atoms with van der Waals surface area (Å²) in [6.07, 6.45) is 8.15. The van der Waals surface area contributed by atoms with Gasteiger partial charge in [-0.3, -0.25) is 4.72 Å². The molecule has 4 rings (SSSR count). The van der Waals surface area contributed by atoms with Crippen molar-refractivity contribution in [3.05, 3.63) is 36.1 Å². The van der Waals surface area contributed by atoms with Crippen molar-refractivity contribution in [2.24, 2.45) is 0 Å². The molecule has 0 saturated heterocycles. The Morgan fingerprint density at radius 3 is 2.78 bits per heavy atom. The second kappa shape index (κ2) is 7.21. The maximum atomic E-state index is 12.6. The molecule has 3 aromatic rings. The van der Waals surface area contributed by atoms with Crippen LogP contribution < -0.4 is 4.72 Å². The highest BCUT2D eigenvalue weighted by Crippen LogP contribution is 2.34. The maximum Gasteiger partial charge on any atom is 0.263 e. The van der Waals surface area contributed by atoms with Crippen LogP contribution >= 0.6 is 11.3 Å². The van der Waals surface area contributed by atoms with Gasteiger partial charge in [-0.25, -0.2) is 18.4 Å². The van der Waals surface area contributed by atoms with Gasteiger partial charge in [0.2, 0.25) is 0 Å². The highest BCUT2D eigenvalue weighted by molar-refractivity contribution is 7.93.